The molecule has 1 aromatic rings. The largest absolute Gasteiger partial charge is 0.385 e. The van der Waals surface area contributed by atoms with Crippen LogP contribution in [0.1, 0.15) is 30.9 Å². The molecular formula is C14H20N2O. The first-order chi connectivity index (χ1) is 8.43. The normalized spacial score (nSPS) is 28.2. The number of rotatable bonds is 2. The van der Waals surface area contributed by atoms with Gasteiger partial charge in [-0.25, -0.2) is 0 Å². The molecule has 1 saturated heterocycles. The molecule has 2 aliphatic rings. The molecule has 3 heteroatoms. The summed E-state index contributed by atoms with van der Waals surface area (Å²) in [5.74, 6) is 0. The summed E-state index contributed by atoms with van der Waals surface area (Å²) in [5.41, 5.74) is 2.71. The van der Waals surface area contributed by atoms with Gasteiger partial charge in [-0.3, -0.25) is 0 Å². The van der Waals surface area contributed by atoms with Crippen LogP contribution in [0, 0.1) is 0 Å². The minimum Gasteiger partial charge on any atom is -0.385 e. The van der Waals surface area contributed by atoms with Gasteiger partial charge in [0.15, 0.2) is 0 Å². The molecule has 0 amide bonds. The number of nitrogens with one attached hydrogen (secondary N) is 2. The predicted octanol–water partition coefficient (Wildman–Crippen LogP) is 2.31. The van der Waals surface area contributed by atoms with Crippen molar-refractivity contribution >= 4 is 5.69 Å². The van der Waals surface area contributed by atoms with Crippen LogP contribution in [0.15, 0.2) is 24.3 Å². The highest BCUT2D eigenvalue weighted by Gasteiger charge is 2.23. The monoisotopic (exact) mass is 232 g/mol. The van der Waals surface area contributed by atoms with E-state index < -0.39 is 0 Å². The van der Waals surface area contributed by atoms with Gasteiger partial charge in [-0.15, -0.1) is 0 Å². The molecule has 0 bridgehead atoms. The van der Waals surface area contributed by atoms with E-state index in [1.54, 1.807) is 0 Å². The van der Waals surface area contributed by atoms with E-state index in [-0.39, 0.29) is 0 Å². The number of benzene rings is 1. The first-order valence-electron chi connectivity index (χ1n) is 6.60. The second-order valence-corrected chi connectivity index (χ2v) is 4.94. The van der Waals surface area contributed by atoms with Crippen molar-refractivity contribution in [2.24, 2.45) is 0 Å². The van der Waals surface area contributed by atoms with Crippen molar-refractivity contribution in [3.8, 4) is 0 Å². The molecule has 17 heavy (non-hydrogen) atoms. The summed E-state index contributed by atoms with van der Waals surface area (Å²) < 4.78 is 5.44. The first kappa shape index (κ1) is 11.1. The fourth-order valence-electron chi connectivity index (χ4n) is 2.77. The van der Waals surface area contributed by atoms with Crippen molar-refractivity contribution in [2.45, 2.75) is 31.3 Å². The van der Waals surface area contributed by atoms with Crippen molar-refractivity contribution in [3.05, 3.63) is 29.8 Å². The summed E-state index contributed by atoms with van der Waals surface area (Å²) in [4.78, 5) is 0. The lowest BCUT2D eigenvalue weighted by Gasteiger charge is -2.22. The number of para-hydroxylation sites is 1. The summed E-state index contributed by atoms with van der Waals surface area (Å²) in [5, 5.41) is 7.26. The fraction of sp³-hybridized carbons (Fsp3) is 0.571. The van der Waals surface area contributed by atoms with E-state index in [4.69, 9.17) is 4.74 Å². The smallest absolute Gasteiger partial charge is 0.0620 e. The lowest BCUT2D eigenvalue weighted by atomic mass is 10.0. The molecule has 0 spiro atoms. The molecule has 0 saturated carbocycles. The van der Waals surface area contributed by atoms with Gasteiger partial charge >= 0.3 is 0 Å². The molecule has 0 aliphatic carbocycles. The van der Waals surface area contributed by atoms with E-state index in [0.717, 1.165) is 26.2 Å². The third-order valence-corrected chi connectivity index (χ3v) is 3.69. The van der Waals surface area contributed by atoms with Crippen molar-refractivity contribution < 1.29 is 4.74 Å². The average molecular weight is 232 g/mol. The van der Waals surface area contributed by atoms with E-state index in [2.05, 4.69) is 34.9 Å². The lowest BCUT2D eigenvalue weighted by Crippen LogP contribution is -2.33. The number of anilines is 1. The van der Waals surface area contributed by atoms with Crippen molar-refractivity contribution in [2.75, 3.05) is 25.1 Å². The molecule has 2 heterocycles. The molecule has 2 atom stereocenters. The zero-order valence-electron chi connectivity index (χ0n) is 10.1. The van der Waals surface area contributed by atoms with Crippen LogP contribution in [0.3, 0.4) is 0 Å². The van der Waals surface area contributed by atoms with Gasteiger partial charge in [-0.1, -0.05) is 18.2 Å². The molecule has 1 aromatic carbocycles. The van der Waals surface area contributed by atoms with Crippen LogP contribution >= 0.6 is 0 Å². The summed E-state index contributed by atoms with van der Waals surface area (Å²) in [6.07, 6.45) is 3.58. The number of ether oxygens (including phenoxy) is 1. The Morgan fingerprint density at radius 3 is 3.06 bits per heavy atom. The van der Waals surface area contributed by atoms with E-state index in [1.807, 2.05) is 0 Å². The maximum atomic E-state index is 5.44. The Morgan fingerprint density at radius 2 is 2.18 bits per heavy atom. The SMILES string of the molecule is c1ccc2c(c1)NCCC[C@H]2N[C@@H]1CCOC1. The van der Waals surface area contributed by atoms with E-state index in [9.17, 15) is 0 Å². The molecule has 0 radical (unpaired) electrons. The van der Waals surface area contributed by atoms with Crippen LogP contribution in [-0.4, -0.2) is 25.8 Å². The van der Waals surface area contributed by atoms with Crippen molar-refractivity contribution in [3.63, 3.8) is 0 Å². The molecule has 2 N–H and O–H groups in total. The molecule has 92 valence electrons. The minimum atomic E-state index is 0.480. The molecule has 3 nitrogen and oxygen atoms in total. The van der Waals surface area contributed by atoms with Crippen molar-refractivity contribution in [1.82, 2.24) is 5.32 Å². The Kier molecular flexibility index (Phi) is 3.29. The Labute approximate surface area is 103 Å². The van der Waals surface area contributed by atoms with Gasteiger partial charge in [-0.05, 0) is 30.9 Å². The zero-order valence-corrected chi connectivity index (χ0v) is 10.1. The quantitative estimate of drug-likeness (QED) is 0.821. The molecular weight excluding hydrogens is 212 g/mol. The van der Waals surface area contributed by atoms with Gasteiger partial charge < -0.3 is 15.4 Å². The average Bonchev–Trinajstić information content (AvgIpc) is 2.78. The van der Waals surface area contributed by atoms with Crippen LogP contribution in [-0.2, 0) is 4.74 Å². The highest BCUT2D eigenvalue weighted by atomic mass is 16.5. The summed E-state index contributed by atoms with van der Waals surface area (Å²) in [6, 6.07) is 9.67. The van der Waals surface area contributed by atoms with Crippen LogP contribution in [0.25, 0.3) is 0 Å². The highest BCUT2D eigenvalue weighted by Crippen LogP contribution is 2.30. The third kappa shape index (κ3) is 2.45. The van der Waals surface area contributed by atoms with Crippen molar-refractivity contribution in [1.29, 1.82) is 0 Å². The van der Waals surface area contributed by atoms with Gasteiger partial charge in [0, 0.05) is 30.9 Å². The highest BCUT2D eigenvalue weighted by molar-refractivity contribution is 5.53. The van der Waals surface area contributed by atoms with E-state index in [0.29, 0.717) is 12.1 Å². The second-order valence-electron chi connectivity index (χ2n) is 4.94. The topological polar surface area (TPSA) is 33.3 Å². The predicted molar refractivity (Wildman–Crippen MR) is 69.3 cm³/mol. The van der Waals surface area contributed by atoms with Crippen LogP contribution in [0.5, 0.6) is 0 Å². The Hall–Kier alpha value is -1.06. The second kappa shape index (κ2) is 5.07. The van der Waals surface area contributed by atoms with E-state index >= 15 is 0 Å². The van der Waals surface area contributed by atoms with Gasteiger partial charge in [0.05, 0.1) is 6.61 Å². The fourth-order valence-corrected chi connectivity index (χ4v) is 2.77. The Bertz CT molecular complexity index is 374. The lowest BCUT2D eigenvalue weighted by molar-refractivity contribution is 0.187. The standard InChI is InChI=1S/C14H20N2O/c1-2-5-13-12(4-1)14(6-3-8-15-13)16-11-7-9-17-10-11/h1-2,4-5,11,14-16H,3,6-10H2/t11-,14-/m1/s1. The Balaban J connectivity index is 1.78. The number of hydrogen-bond acceptors (Lipinski definition) is 3. The molecule has 2 aliphatic heterocycles. The first-order valence-corrected chi connectivity index (χ1v) is 6.60. The maximum Gasteiger partial charge on any atom is 0.0620 e. The van der Waals surface area contributed by atoms with Gasteiger partial charge in [-0.2, -0.15) is 0 Å². The molecule has 1 fully saturated rings. The van der Waals surface area contributed by atoms with Crippen LogP contribution in [0.2, 0.25) is 0 Å². The zero-order chi connectivity index (χ0) is 11.5. The summed E-state index contributed by atoms with van der Waals surface area (Å²) >= 11 is 0. The van der Waals surface area contributed by atoms with Gasteiger partial charge in [0.25, 0.3) is 0 Å². The molecule has 0 aromatic heterocycles. The number of fused-ring (bicyclic) bond motifs is 1. The van der Waals surface area contributed by atoms with Crippen LogP contribution < -0.4 is 10.6 Å². The van der Waals surface area contributed by atoms with Gasteiger partial charge in [0.2, 0.25) is 0 Å². The van der Waals surface area contributed by atoms with Crippen LogP contribution in [0.4, 0.5) is 5.69 Å². The molecule has 0 unspecified atom stereocenters. The number of hydrogen-bond donors (Lipinski definition) is 2. The summed E-state index contributed by atoms with van der Waals surface area (Å²) in [7, 11) is 0. The Morgan fingerprint density at radius 1 is 1.24 bits per heavy atom. The van der Waals surface area contributed by atoms with E-state index in [1.165, 1.54) is 24.1 Å². The van der Waals surface area contributed by atoms with Gasteiger partial charge in [0.1, 0.15) is 0 Å². The molecule has 3 rings (SSSR count). The maximum absolute atomic E-state index is 5.44. The third-order valence-electron chi connectivity index (χ3n) is 3.69. The minimum absolute atomic E-state index is 0.480. The summed E-state index contributed by atoms with van der Waals surface area (Å²) in [6.45, 7) is 2.85.